The van der Waals surface area contributed by atoms with Crippen molar-refractivity contribution in [2.45, 2.75) is 6.54 Å². The van der Waals surface area contributed by atoms with Crippen molar-refractivity contribution in [2.75, 3.05) is 17.7 Å². The van der Waals surface area contributed by atoms with Gasteiger partial charge in [0.05, 0.1) is 17.6 Å². The van der Waals surface area contributed by atoms with Crippen LogP contribution in [0.5, 0.6) is 0 Å². The lowest BCUT2D eigenvalue weighted by atomic mass is 10.2. The van der Waals surface area contributed by atoms with Crippen molar-refractivity contribution in [3.63, 3.8) is 0 Å². The van der Waals surface area contributed by atoms with Crippen LogP contribution < -0.4 is 10.6 Å². The quantitative estimate of drug-likeness (QED) is 0.814. The summed E-state index contributed by atoms with van der Waals surface area (Å²) in [6.07, 6.45) is 1.72. The van der Waals surface area contributed by atoms with E-state index in [0.717, 1.165) is 17.9 Å². The molecule has 0 unspecified atom stereocenters. The van der Waals surface area contributed by atoms with E-state index in [9.17, 15) is 0 Å². The van der Waals surface area contributed by atoms with Crippen molar-refractivity contribution in [3.05, 3.63) is 53.3 Å². The van der Waals surface area contributed by atoms with Gasteiger partial charge in [-0.05, 0) is 5.56 Å². The molecule has 1 aromatic heterocycles. The number of nitrogens with zero attached hydrogens (tertiary/aromatic N) is 1. The van der Waals surface area contributed by atoms with Gasteiger partial charge in [0, 0.05) is 19.7 Å². The van der Waals surface area contributed by atoms with Gasteiger partial charge in [-0.3, -0.25) is 0 Å². The fraction of sp³-hybridized carbons (Fsp3) is 0.154. The van der Waals surface area contributed by atoms with Crippen molar-refractivity contribution in [1.29, 1.82) is 0 Å². The molecule has 4 heteroatoms. The minimum Gasteiger partial charge on any atom is -0.385 e. The fourth-order valence-electron chi connectivity index (χ4n) is 1.57. The predicted octanol–water partition coefficient (Wildman–Crippen LogP) is 3.39. The molecule has 2 N–H and O–H groups in total. The molecule has 0 saturated carbocycles. The van der Waals surface area contributed by atoms with E-state index in [4.69, 9.17) is 11.6 Å². The Labute approximate surface area is 106 Å². The molecular weight excluding hydrogens is 234 g/mol. The van der Waals surface area contributed by atoms with Gasteiger partial charge >= 0.3 is 0 Å². The number of rotatable bonds is 4. The van der Waals surface area contributed by atoms with Gasteiger partial charge in [0.1, 0.15) is 5.15 Å². The highest BCUT2D eigenvalue weighted by atomic mass is 35.5. The molecule has 0 radical (unpaired) electrons. The number of halogens is 1. The van der Waals surface area contributed by atoms with Crippen LogP contribution in [0.3, 0.4) is 0 Å². The highest BCUT2D eigenvalue weighted by Crippen LogP contribution is 2.23. The number of aromatic nitrogens is 1. The van der Waals surface area contributed by atoms with E-state index in [2.05, 4.69) is 27.8 Å². The lowest BCUT2D eigenvalue weighted by molar-refractivity contribution is 1.14. The van der Waals surface area contributed by atoms with Crippen LogP contribution in [0.2, 0.25) is 5.15 Å². The summed E-state index contributed by atoms with van der Waals surface area (Å²) in [4.78, 5) is 4.03. The second-order valence-electron chi connectivity index (χ2n) is 3.64. The maximum atomic E-state index is 5.88. The number of benzene rings is 1. The van der Waals surface area contributed by atoms with Crippen molar-refractivity contribution >= 4 is 23.0 Å². The van der Waals surface area contributed by atoms with Crippen LogP contribution in [0, 0.1) is 0 Å². The molecule has 2 aromatic rings. The number of pyridine rings is 1. The lowest BCUT2D eigenvalue weighted by Crippen LogP contribution is -2.03. The van der Waals surface area contributed by atoms with Crippen LogP contribution in [0.15, 0.2) is 42.6 Å². The minimum atomic E-state index is 0.486. The topological polar surface area (TPSA) is 37.0 Å². The van der Waals surface area contributed by atoms with E-state index < -0.39 is 0 Å². The largest absolute Gasteiger partial charge is 0.385 e. The number of anilines is 2. The maximum absolute atomic E-state index is 5.88. The molecular formula is C13H14ClN3. The molecule has 3 nitrogen and oxygen atoms in total. The Hall–Kier alpha value is -1.74. The summed E-state index contributed by atoms with van der Waals surface area (Å²) in [5.74, 6) is 0. The van der Waals surface area contributed by atoms with Gasteiger partial charge in [0.2, 0.25) is 0 Å². The molecule has 0 bridgehead atoms. The van der Waals surface area contributed by atoms with Crippen LogP contribution in [0.25, 0.3) is 0 Å². The Morgan fingerprint density at radius 3 is 2.65 bits per heavy atom. The molecule has 0 amide bonds. The van der Waals surface area contributed by atoms with Gasteiger partial charge in [-0.25, -0.2) is 4.98 Å². The monoisotopic (exact) mass is 247 g/mol. The summed E-state index contributed by atoms with van der Waals surface area (Å²) in [6, 6.07) is 12.0. The molecule has 2 rings (SSSR count). The van der Waals surface area contributed by atoms with Crippen molar-refractivity contribution in [1.82, 2.24) is 4.98 Å². The second-order valence-corrected chi connectivity index (χ2v) is 4.03. The zero-order valence-corrected chi connectivity index (χ0v) is 10.3. The van der Waals surface area contributed by atoms with E-state index >= 15 is 0 Å². The van der Waals surface area contributed by atoms with Crippen molar-refractivity contribution in [3.8, 4) is 0 Å². The van der Waals surface area contributed by atoms with E-state index in [0.29, 0.717) is 5.15 Å². The highest BCUT2D eigenvalue weighted by molar-refractivity contribution is 6.29. The first-order chi connectivity index (χ1) is 8.29. The van der Waals surface area contributed by atoms with Crippen LogP contribution >= 0.6 is 11.6 Å². The molecule has 0 fully saturated rings. The van der Waals surface area contributed by atoms with Crippen molar-refractivity contribution < 1.29 is 0 Å². The van der Waals surface area contributed by atoms with E-state index in [1.165, 1.54) is 5.56 Å². The molecule has 0 saturated heterocycles. The molecule has 0 aliphatic heterocycles. The summed E-state index contributed by atoms with van der Waals surface area (Å²) < 4.78 is 0. The number of hydrogen-bond donors (Lipinski definition) is 2. The predicted molar refractivity (Wildman–Crippen MR) is 72.6 cm³/mol. The van der Waals surface area contributed by atoms with Gasteiger partial charge < -0.3 is 10.6 Å². The SMILES string of the molecule is CNc1cnc(Cl)cc1NCc1ccccc1. The van der Waals surface area contributed by atoms with E-state index in [1.807, 2.05) is 31.3 Å². The Balaban J connectivity index is 2.11. The smallest absolute Gasteiger partial charge is 0.131 e. The van der Waals surface area contributed by atoms with Crippen molar-refractivity contribution in [2.24, 2.45) is 0 Å². The van der Waals surface area contributed by atoms with Gasteiger partial charge in [0.25, 0.3) is 0 Å². The molecule has 0 aliphatic rings. The molecule has 1 heterocycles. The Morgan fingerprint density at radius 2 is 1.94 bits per heavy atom. The lowest BCUT2D eigenvalue weighted by Gasteiger charge is -2.11. The molecule has 0 aliphatic carbocycles. The van der Waals surface area contributed by atoms with Crippen LogP contribution in [0.4, 0.5) is 11.4 Å². The maximum Gasteiger partial charge on any atom is 0.131 e. The number of nitrogens with one attached hydrogen (secondary N) is 2. The Morgan fingerprint density at radius 1 is 1.18 bits per heavy atom. The first-order valence-electron chi connectivity index (χ1n) is 5.40. The highest BCUT2D eigenvalue weighted by Gasteiger charge is 2.02. The molecule has 0 spiro atoms. The first kappa shape index (κ1) is 11.7. The third-order valence-corrected chi connectivity index (χ3v) is 2.67. The molecule has 17 heavy (non-hydrogen) atoms. The fourth-order valence-corrected chi connectivity index (χ4v) is 1.73. The van der Waals surface area contributed by atoms with Crippen LogP contribution in [0.1, 0.15) is 5.56 Å². The zero-order valence-electron chi connectivity index (χ0n) is 9.57. The molecule has 1 aromatic carbocycles. The molecule has 0 atom stereocenters. The van der Waals surface area contributed by atoms with Gasteiger partial charge in [0.15, 0.2) is 0 Å². The third-order valence-electron chi connectivity index (χ3n) is 2.47. The standard InChI is InChI=1S/C13H14ClN3/c1-15-12-9-17-13(14)7-11(12)16-8-10-5-3-2-4-6-10/h2-7,9,15H,8H2,1H3,(H,16,17). The Kier molecular flexibility index (Phi) is 3.83. The zero-order chi connectivity index (χ0) is 12.1. The van der Waals surface area contributed by atoms with E-state index in [1.54, 1.807) is 6.20 Å². The minimum absolute atomic E-state index is 0.486. The third kappa shape index (κ3) is 3.11. The van der Waals surface area contributed by atoms with Gasteiger partial charge in [-0.15, -0.1) is 0 Å². The summed E-state index contributed by atoms with van der Waals surface area (Å²) in [7, 11) is 1.86. The first-order valence-corrected chi connectivity index (χ1v) is 5.78. The van der Waals surface area contributed by atoms with Crippen LogP contribution in [-0.4, -0.2) is 12.0 Å². The summed E-state index contributed by atoms with van der Waals surface area (Å²) in [5, 5.41) is 6.90. The average molecular weight is 248 g/mol. The van der Waals surface area contributed by atoms with E-state index in [-0.39, 0.29) is 0 Å². The average Bonchev–Trinajstić information content (AvgIpc) is 2.38. The molecule has 88 valence electrons. The summed E-state index contributed by atoms with van der Waals surface area (Å²) in [5.41, 5.74) is 3.11. The van der Waals surface area contributed by atoms with Crippen LogP contribution in [-0.2, 0) is 6.54 Å². The van der Waals surface area contributed by atoms with Gasteiger partial charge in [-0.2, -0.15) is 0 Å². The number of hydrogen-bond acceptors (Lipinski definition) is 3. The normalized spacial score (nSPS) is 10.0. The summed E-state index contributed by atoms with van der Waals surface area (Å²) >= 11 is 5.88. The van der Waals surface area contributed by atoms with Gasteiger partial charge in [-0.1, -0.05) is 41.9 Å². The Bertz CT molecular complexity index is 485. The summed E-state index contributed by atoms with van der Waals surface area (Å²) in [6.45, 7) is 0.760. The second kappa shape index (κ2) is 5.55.